The maximum absolute atomic E-state index is 13.4. The van der Waals surface area contributed by atoms with E-state index in [2.05, 4.69) is 67.9 Å². The molecule has 0 spiro atoms. The second-order valence-corrected chi connectivity index (χ2v) is 7.33. The fourth-order valence-electron chi connectivity index (χ4n) is 1.87. The summed E-state index contributed by atoms with van der Waals surface area (Å²) in [5, 5.41) is 3.06. The molecule has 0 aliphatic carbocycles. The molecule has 1 heterocycles. The number of nitrogens with one attached hydrogen (secondary N) is 1. The third-order valence-electron chi connectivity index (χ3n) is 2.98. The average molecular weight is 417 g/mol. The van der Waals surface area contributed by atoms with Gasteiger partial charge in [-0.05, 0) is 50.1 Å². The van der Waals surface area contributed by atoms with Gasteiger partial charge in [0.25, 0.3) is 0 Å². The Hall–Kier alpha value is -1.01. The highest BCUT2D eigenvalue weighted by Crippen LogP contribution is 2.34. The lowest BCUT2D eigenvalue weighted by molar-refractivity contribution is 0.564. The minimum absolute atomic E-state index is 0.139. The predicted molar refractivity (Wildman–Crippen MR) is 91.1 cm³/mol. The molecular formula is C15H16Br2FN3. The molecule has 0 bridgehead atoms. The van der Waals surface area contributed by atoms with Crippen molar-refractivity contribution >= 4 is 37.7 Å². The summed E-state index contributed by atoms with van der Waals surface area (Å²) < 4.78 is 14.6. The Morgan fingerprint density at radius 1 is 1.14 bits per heavy atom. The predicted octanol–water partition coefficient (Wildman–Crippen LogP) is 5.15. The molecular weight excluding hydrogens is 401 g/mol. The smallest absolute Gasteiger partial charge is 0.161 e. The third-order valence-corrected chi connectivity index (χ3v) is 4.34. The summed E-state index contributed by atoms with van der Waals surface area (Å²) in [6.45, 7) is 6.26. The van der Waals surface area contributed by atoms with Crippen molar-refractivity contribution in [2.75, 3.05) is 12.4 Å². The first-order chi connectivity index (χ1) is 9.74. The van der Waals surface area contributed by atoms with E-state index in [-0.39, 0.29) is 11.2 Å². The van der Waals surface area contributed by atoms with Gasteiger partial charge in [0.2, 0.25) is 0 Å². The van der Waals surface area contributed by atoms with Crippen LogP contribution in [0.3, 0.4) is 0 Å². The molecule has 0 unspecified atom stereocenters. The Kier molecular flexibility index (Phi) is 4.68. The minimum atomic E-state index is -0.305. The van der Waals surface area contributed by atoms with Gasteiger partial charge >= 0.3 is 0 Å². The van der Waals surface area contributed by atoms with Gasteiger partial charge in [-0.15, -0.1) is 0 Å². The van der Waals surface area contributed by atoms with E-state index in [1.54, 1.807) is 12.1 Å². The van der Waals surface area contributed by atoms with Gasteiger partial charge in [-0.1, -0.05) is 20.8 Å². The molecule has 0 fully saturated rings. The van der Waals surface area contributed by atoms with Gasteiger partial charge in [0.1, 0.15) is 11.6 Å². The zero-order valence-electron chi connectivity index (χ0n) is 12.3. The fourth-order valence-corrected chi connectivity index (χ4v) is 3.22. The van der Waals surface area contributed by atoms with Crippen molar-refractivity contribution < 1.29 is 4.39 Å². The van der Waals surface area contributed by atoms with Crippen LogP contribution in [0.2, 0.25) is 0 Å². The Balaban J connectivity index is 2.66. The summed E-state index contributed by atoms with van der Waals surface area (Å²) >= 11 is 6.75. The van der Waals surface area contributed by atoms with Gasteiger partial charge in [-0.3, -0.25) is 0 Å². The summed E-state index contributed by atoms with van der Waals surface area (Å²) in [7, 11) is 1.81. The fraction of sp³-hybridized carbons (Fsp3) is 0.333. The number of halogens is 3. The highest BCUT2D eigenvalue weighted by molar-refractivity contribution is 9.11. The molecule has 2 aromatic rings. The highest BCUT2D eigenvalue weighted by Gasteiger charge is 2.23. The van der Waals surface area contributed by atoms with E-state index in [0.29, 0.717) is 16.1 Å². The maximum atomic E-state index is 13.4. The van der Waals surface area contributed by atoms with E-state index in [9.17, 15) is 4.39 Å². The van der Waals surface area contributed by atoms with Crippen LogP contribution >= 0.6 is 31.9 Å². The molecule has 0 aliphatic rings. The summed E-state index contributed by atoms with van der Waals surface area (Å²) in [6.07, 6.45) is 0. The van der Waals surface area contributed by atoms with Crippen LogP contribution in [0.1, 0.15) is 26.5 Å². The summed E-state index contributed by atoms with van der Waals surface area (Å²) in [5.74, 6) is 0.972. The van der Waals surface area contributed by atoms with Crippen LogP contribution in [-0.4, -0.2) is 17.0 Å². The lowest BCUT2D eigenvalue weighted by Crippen LogP contribution is -2.17. The van der Waals surface area contributed by atoms with Crippen LogP contribution in [0, 0.1) is 5.82 Å². The van der Waals surface area contributed by atoms with Crippen LogP contribution in [0.15, 0.2) is 27.1 Å². The van der Waals surface area contributed by atoms with Gasteiger partial charge in [-0.2, -0.15) is 0 Å². The van der Waals surface area contributed by atoms with Crippen LogP contribution in [0.4, 0.5) is 10.2 Å². The van der Waals surface area contributed by atoms with Crippen LogP contribution < -0.4 is 5.32 Å². The first kappa shape index (κ1) is 16.4. The molecule has 1 aromatic carbocycles. The molecule has 6 heteroatoms. The van der Waals surface area contributed by atoms with Crippen molar-refractivity contribution in [3.63, 3.8) is 0 Å². The SMILES string of the molecule is CNc1nc(-c2ccc(F)c(Br)c2)nc(C(C)(C)C)c1Br. The van der Waals surface area contributed by atoms with Crippen molar-refractivity contribution in [3.8, 4) is 11.4 Å². The van der Waals surface area contributed by atoms with Crippen LogP contribution in [0.25, 0.3) is 11.4 Å². The van der Waals surface area contributed by atoms with E-state index >= 15 is 0 Å². The van der Waals surface area contributed by atoms with Gasteiger partial charge in [0.05, 0.1) is 14.6 Å². The number of rotatable bonds is 2. The van der Waals surface area contributed by atoms with E-state index in [4.69, 9.17) is 0 Å². The molecule has 112 valence electrons. The minimum Gasteiger partial charge on any atom is -0.372 e. The van der Waals surface area contributed by atoms with Crippen molar-refractivity contribution in [1.29, 1.82) is 0 Å². The standard InChI is InChI=1S/C15H16Br2FN3/c1-15(2,3)12-11(17)14(19-4)21-13(20-12)8-5-6-10(18)9(16)7-8/h5-7H,1-4H3,(H,19,20,21). The summed E-state index contributed by atoms with van der Waals surface area (Å²) in [6, 6.07) is 4.76. The third kappa shape index (κ3) is 3.43. The first-order valence-electron chi connectivity index (χ1n) is 6.45. The molecule has 0 saturated heterocycles. The summed E-state index contributed by atoms with van der Waals surface area (Å²) in [5.41, 5.74) is 1.52. The van der Waals surface area contributed by atoms with Gasteiger partial charge < -0.3 is 5.32 Å². The van der Waals surface area contributed by atoms with Crippen molar-refractivity contribution in [2.45, 2.75) is 26.2 Å². The second kappa shape index (κ2) is 6.01. The van der Waals surface area contributed by atoms with Crippen LogP contribution in [0.5, 0.6) is 0 Å². The lowest BCUT2D eigenvalue weighted by atomic mass is 9.91. The number of hydrogen-bond donors (Lipinski definition) is 1. The Labute approximate surface area is 140 Å². The summed E-state index contributed by atoms with van der Waals surface area (Å²) in [4.78, 5) is 9.15. The van der Waals surface area contributed by atoms with E-state index in [1.807, 2.05) is 7.05 Å². The number of nitrogens with zero attached hydrogens (tertiary/aromatic N) is 2. The quantitative estimate of drug-likeness (QED) is 0.735. The zero-order chi connectivity index (χ0) is 15.8. The molecule has 0 saturated carbocycles. The lowest BCUT2D eigenvalue weighted by Gasteiger charge is -2.21. The molecule has 0 aliphatic heterocycles. The molecule has 1 N–H and O–H groups in total. The maximum Gasteiger partial charge on any atom is 0.161 e. The average Bonchev–Trinajstić information content (AvgIpc) is 2.41. The van der Waals surface area contributed by atoms with E-state index < -0.39 is 0 Å². The second-order valence-electron chi connectivity index (χ2n) is 5.69. The number of benzene rings is 1. The zero-order valence-corrected chi connectivity index (χ0v) is 15.4. The van der Waals surface area contributed by atoms with Crippen LogP contribution in [-0.2, 0) is 5.41 Å². The Bertz CT molecular complexity index is 681. The molecule has 0 atom stereocenters. The Morgan fingerprint density at radius 3 is 2.33 bits per heavy atom. The molecule has 2 rings (SSSR count). The molecule has 3 nitrogen and oxygen atoms in total. The highest BCUT2D eigenvalue weighted by atomic mass is 79.9. The normalized spacial score (nSPS) is 11.6. The van der Waals surface area contributed by atoms with E-state index in [0.717, 1.165) is 15.7 Å². The van der Waals surface area contributed by atoms with Crippen molar-refractivity contribution in [1.82, 2.24) is 9.97 Å². The molecule has 0 radical (unpaired) electrons. The number of hydrogen-bond acceptors (Lipinski definition) is 3. The van der Waals surface area contributed by atoms with Gasteiger partial charge in [-0.25, -0.2) is 14.4 Å². The first-order valence-corrected chi connectivity index (χ1v) is 8.04. The largest absolute Gasteiger partial charge is 0.372 e. The topological polar surface area (TPSA) is 37.8 Å². The van der Waals surface area contributed by atoms with Gasteiger partial charge in [0, 0.05) is 18.0 Å². The number of aromatic nitrogens is 2. The van der Waals surface area contributed by atoms with E-state index in [1.165, 1.54) is 6.07 Å². The molecule has 1 aromatic heterocycles. The van der Waals surface area contributed by atoms with Crippen molar-refractivity contribution in [2.24, 2.45) is 0 Å². The number of anilines is 1. The monoisotopic (exact) mass is 415 g/mol. The van der Waals surface area contributed by atoms with Crippen molar-refractivity contribution in [3.05, 3.63) is 38.7 Å². The molecule has 21 heavy (non-hydrogen) atoms. The molecule has 0 amide bonds. The van der Waals surface area contributed by atoms with Gasteiger partial charge in [0.15, 0.2) is 5.82 Å². The Morgan fingerprint density at radius 2 is 1.81 bits per heavy atom.